The van der Waals surface area contributed by atoms with Crippen molar-refractivity contribution in [2.75, 3.05) is 31.1 Å². The fourth-order valence-electron chi connectivity index (χ4n) is 3.67. The number of ether oxygens (including phenoxy) is 1. The lowest BCUT2D eigenvalue weighted by Crippen LogP contribution is -2.46. The van der Waals surface area contributed by atoms with Crippen LogP contribution in [0.5, 0.6) is 5.75 Å². The van der Waals surface area contributed by atoms with Gasteiger partial charge in [0, 0.05) is 32.2 Å². The van der Waals surface area contributed by atoms with Crippen LogP contribution in [0.15, 0.2) is 70.1 Å². The second-order valence-electron chi connectivity index (χ2n) is 7.57. The number of anilines is 1. The second kappa shape index (κ2) is 9.13. The maximum Gasteiger partial charge on any atom is 0.227 e. The molecule has 0 atom stereocenters. The van der Waals surface area contributed by atoms with Crippen LogP contribution in [0.3, 0.4) is 0 Å². The first-order chi connectivity index (χ1) is 14.6. The van der Waals surface area contributed by atoms with Crippen molar-refractivity contribution in [1.82, 2.24) is 4.90 Å². The van der Waals surface area contributed by atoms with Crippen LogP contribution in [-0.2, 0) is 13.2 Å². The Morgan fingerprint density at radius 2 is 1.83 bits per heavy atom. The molecule has 2 aromatic carbocycles. The number of hydrogen-bond donors (Lipinski definition) is 0. The van der Waals surface area contributed by atoms with Crippen LogP contribution in [0, 0.1) is 12.7 Å². The van der Waals surface area contributed by atoms with Gasteiger partial charge in [0.15, 0.2) is 0 Å². The van der Waals surface area contributed by atoms with Gasteiger partial charge in [0.05, 0.1) is 12.2 Å². The van der Waals surface area contributed by atoms with E-state index in [9.17, 15) is 9.18 Å². The number of benzene rings is 2. The Kier molecular flexibility index (Phi) is 6.14. The van der Waals surface area contributed by atoms with E-state index in [2.05, 4.69) is 4.90 Å². The van der Waals surface area contributed by atoms with Gasteiger partial charge in [0.2, 0.25) is 11.2 Å². The van der Waals surface area contributed by atoms with Gasteiger partial charge < -0.3 is 14.1 Å². The Bertz CT molecular complexity index is 1060. The molecule has 1 aliphatic heterocycles. The van der Waals surface area contributed by atoms with Crippen LogP contribution >= 0.6 is 0 Å². The quantitative estimate of drug-likeness (QED) is 0.617. The van der Waals surface area contributed by atoms with E-state index in [1.807, 2.05) is 42.2 Å². The Morgan fingerprint density at radius 1 is 1.03 bits per heavy atom. The highest BCUT2D eigenvalue weighted by atomic mass is 19.1. The van der Waals surface area contributed by atoms with Crippen molar-refractivity contribution in [3.05, 3.63) is 93.8 Å². The fraction of sp³-hybridized carbons (Fsp3) is 0.292. The first-order valence-corrected chi connectivity index (χ1v) is 10.1. The van der Waals surface area contributed by atoms with Crippen LogP contribution in [0.2, 0.25) is 0 Å². The topological polar surface area (TPSA) is 45.9 Å². The minimum atomic E-state index is -0.196. The normalized spacial score (nSPS) is 14.7. The lowest BCUT2D eigenvalue weighted by atomic mass is 10.1. The highest BCUT2D eigenvalue weighted by molar-refractivity contribution is 5.48. The SMILES string of the molecule is Cc1cccc(COc2coc(CN3CCN(c4ccccc4F)CC3)cc2=O)c1. The molecular weight excluding hydrogens is 383 g/mol. The predicted octanol–water partition coefficient (Wildman–Crippen LogP) is 3.99. The van der Waals surface area contributed by atoms with Gasteiger partial charge in [-0.3, -0.25) is 9.69 Å². The average Bonchev–Trinajstić information content (AvgIpc) is 2.74. The highest BCUT2D eigenvalue weighted by Gasteiger charge is 2.20. The Balaban J connectivity index is 1.32. The van der Waals surface area contributed by atoms with E-state index in [1.165, 1.54) is 18.4 Å². The van der Waals surface area contributed by atoms with Gasteiger partial charge in [-0.25, -0.2) is 4.39 Å². The largest absolute Gasteiger partial charge is 0.482 e. The molecule has 2 heterocycles. The third kappa shape index (κ3) is 4.89. The van der Waals surface area contributed by atoms with Crippen molar-refractivity contribution in [3.63, 3.8) is 0 Å². The van der Waals surface area contributed by atoms with Crippen LogP contribution in [0.25, 0.3) is 0 Å². The van der Waals surface area contributed by atoms with Crippen molar-refractivity contribution < 1.29 is 13.5 Å². The van der Waals surface area contributed by atoms with E-state index in [0.717, 1.165) is 37.3 Å². The third-order valence-electron chi connectivity index (χ3n) is 5.27. The molecule has 1 saturated heterocycles. The molecule has 4 rings (SSSR count). The van der Waals surface area contributed by atoms with E-state index >= 15 is 0 Å². The molecule has 1 fully saturated rings. The Hall–Kier alpha value is -3.12. The first kappa shape index (κ1) is 20.2. The molecule has 30 heavy (non-hydrogen) atoms. The van der Waals surface area contributed by atoms with Gasteiger partial charge in [-0.05, 0) is 24.6 Å². The highest BCUT2D eigenvalue weighted by Crippen LogP contribution is 2.21. The lowest BCUT2D eigenvalue weighted by molar-refractivity contribution is 0.224. The summed E-state index contributed by atoms with van der Waals surface area (Å²) in [5.74, 6) is 0.616. The van der Waals surface area contributed by atoms with E-state index < -0.39 is 0 Å². The zero-order valence-corrected chi connectivity index (χ0v) is 17.0. The van der Waals surface area contributed by atoms with Gasteiger partial charge in [-0.2, -0.15) is 0 Å². The van der Waals surface area contributed by atoms with Crippen molar-refractivity contribution >= 4 is 5.69 Å². The summed E-state index contributed by atoms with van der Waals surface area (Å²) in [6.07, 6.45) is 1.39. The van der Waals surface area contributed by atoms with Crippen LogP contribution in [0.1, 0.15) is 16.9 Å². The molecule has 0 unspecified atom stereocenters. The predicted molar refractivity (Wildman–Crippen MR) is 114 cm³/mol. The summed E-state index contributed by atoms with van der Waals surface area (Å²) in [5.41, 5.74) is 2.60. The average molecular weight is 408 g/mol. The Morgan fingerprint density at radius 3 is 2.57 bits per heavy atom. The first-order valence-electron chi connectivity index (χ1n) is 10.1. The molecule has 0 spiro atoms. The number of aryl methyl sites for hydroxylation is 1. The van der Waals surface area contributed by atoms with E-state index in [1.54, 1.807) is 12.1 Å². The van der Waals surface area contributed by atoms with Crippen molar-refractivity contribution in [3.8, 4) is 5.75 Å². The third-order valence-corrected chi connectivity index (χ3v) is 5.27. The summed E-state index contributed by atoms with van der Waals surface area (Å²) in [7, 11) is 0. The number of halogens is 1. The standard InChI is InChI=1S/C24H25FN2O3/c1-18-5-4-6-19(13-18)16-30-24-17-29-20(14-23(24)28)15-26-9-11-27(12-10-26)22-8-3-2-7-21(22)25/h2-8,13-14,17H,9-12,15-16H2,1H3. The van der Waals surface area contributed by atoms with E-state index in [0.29, 0.717) is 24.6 Å². The fourth-order valence-corrected chi connectivity index (χ4v) is 3.67. The van der Waals surface area contributed by atoms with Gasteiger partial charge in [0.25, 0.3) is 0 Å². The molecule has 156 valence electrons. The zero-order chi connectivity index (χ0) is 20.9. The van der Waals surface area contributed by atoms with E-state index in [4.69, 9.17) is 9.15 Å². The number of rotatable bonds is 6. The van der Waals surface area contributed by atoms with Crippen LogP contribution < -0.4 is 15.1 Å². The molecule has 0 N–H and O–H groups in total. The molecule has 1 aliphatic rings. The Labute approximate surface area is 175 Å². The summed E-state index contributed by atoms with van der Waals surface area (Å²) in [4.78, 5) is 16.6. The molecule has 3 aromatic rings. The van der Waals surface area contributed by atoms with Crippen molar-refractivity contribution in [2.24, 2.45) is 0 Å². The molecule has 1 aromatic heterocycles. The summed E-state index contributed by atoms with van der Waals surface area (Å²) >= 11 is 0. The van der Waals surface area contributed by atoms with Crippen LogP contribution in [-0.4, -0.2) is 31.1 Å². The summed E-state index contributed by atoms with van der Waals surface area (Å²) in [5, 5.41) is 0. The summed E-state index contributed by atoms with van der Waals surface area (Å²) in [6, 6.07) is 16.3. The molecule has 0 saturated carbocycles. The second-order valence-corrected chi connectivity index (χ2v) is 7.57. The molecule has 0 amide bonds. The van der Waals surface area contributed by atoms with Crippen LogP contribution in [0.4, 0.5) is 10.1 Å². The molecule has 0 aliphatic carbocycles. The maximum absolute atomic E-state index is 14.0. The van der Waals surface area contributed by atoms with Gasteiger partial charge >= 0.3 is 0 Å². The van der Waals surface area contributed by atoms with Gasteiger partial charge in [-0.15, -0.1) is 0 Å². The summed E-state index contributed by atoms with van der Waals surface area (Å²) < 4.78 is 25.3. The molecule has 6 heteroatoms. The number of para-hydroxylation sites is 1. The molecule has 5 nitrogen and oxygen atoms in total. The smallest absolute Gasteiger partial charge is 0.227 e. The summed E-state index contributed by atoms with van der Waals surface area (Å²) in [6.45, 7) is 5.87. The molecule has 0 radical (unpaired) electrons. The minimum absolute atomic E-state index is 0.186. The van der Waals surface area contributed by atoms with Crippen molar-refractivity contribution in [2.45, 2.75) is 20.1 Å². The maximum atomic E-state index is 14.0. The minimum Gasteiger partial charge on any atom is -0.482 e. The number of nitrogens with zero attached hydrogens (tertiary/aromatic N) is 2. The van der Waals surface area contributed by atoms with Gasteiger partial charge in [-0.1, -0.05) is 42.0 Å². The lowest BCUT2D eigenvalue weighted by Gasteiger charge is -2.35. The zero-order valence-electron chi connectivity index (χ0n) is 17.0. The monoisotopic (exact) mass is 408 g/mol. The van der Waals surface area contributed by atoms with Gasteiger partial charge in [0.1, 0.15) is 24.4 Å². The van der Waals surface area contributed by atoms with E-state index in [-0.39, 0.29) is 17.0 Å². The molecular formula is C24H25FN2O3. The number of hydrogen-bond acceptors (Lipinski definition) is 5. The molecule has 0 bridgehead atoms. The van der Waals surface area contributed by atoms with Crippen molar-refractivity contribution in [1.29, 1.82) is 0 Å². The number of piperazine rings is 1.